The minimum atomic E-state index is -0.472. The molecule has 1 heterocycles. The molecule has 2 amide bonds. The van der Waals surface area contributed by atoms with Crippen molar-refractivity contribution in [2.45, 2.75) is 39.2 Å². The van der Waals surface area contributed by atoms with E-state index in [2.05, 4.69) is 0 Å². The van der Waals surface area contributed by atoms with Crippen molar-refractivity contribution < 1.29 is 14.3 Å². The fourth-order valence-electron chi connectivity index (χ4n) is 1.97. The number of carbonyl (C=O) groups excluding carboxylic acids is 2. The number of ether oxygens (including phenoxy) is 1. The summed E-state index contributed by atoms with van der Waals surface area (Å²) in [5, 5.41) is 0. The third kappa shape index (κ3) is 5.68. The van der Waals surface area contributed by atoms with Gasteiger partial charge in [-0.2, -0.15) is 0 Å². The zero-order valence-corrected chi connectivity index (χ0v) is 12.7. The van der Waals surface area contributed by atoms with Gasteiger partial charge in [0.05, 0.1) is 0 Å². The molecule has 0 unspecified atom stereocenters. The van der Waals surface area contributed by atoms with Crippen LogP contribution in [0.15, 0.2) is 0 Å². The van der Waals surface area contributed by atoms with Gasteiger partial charge >= 0.3 is 6.09 Å². The van der Waals surface area contributed by atoms with Crippen molar-refractivity contribution in [3.05, 3.63) is 0 Å². The lowest BCUT2D eigenvalue weighted by Gasteiger charge is -2.31. The third-order valence-electron chi connectivity index (χ3n) is 2.83. The predicted octanol–water partition coefficient (Wildman–Crippen LogP) is 2.08. The normalized spacial score (nSPS) is 17.7. The van der Waals surface area contributed by atoms with E-state index in [1.807, 2.05) is 20.8 Å². The number of halogens is 1. The van der Waals surface area contributed by atoms with Crippen LogP contribution in [0.2, 0.25) is 0 Å². The number of amides is 2. The Morgan fingerprint density at radius 2 is 1.53 bits per heavy atom. The van der Waals surface area contributed by atoms with Crippen LogP contribution in [-0.4, -0.2) is 59.5 Å². The number of hydrogen-bond donors (Lipinski definition) is 0. The van der Waals surface area contributed by atoms with Crippen molar-refractivity contribution in [3.8, 4) is 0 Å². The smallest absolute Gasteiger partial charge is 0.410 e. The van der Waals surface area contributed by atoms with Gasteiger partial charge in [-0.05, 0) is 33.6 Å². The third-order valence-corrected chi connectivity index (χ3v) is 3.06. The van der Waals surface area contributed by atoms with Crippen LogP contribution in [0.1, 0.15) is 33.6 Å². The van der Waals surface area contributed by atoms with Crippen LogP contribution in [0.25, 0.3) is 0 Å². The number of nitrogens with zero attached hydrogens (tertiary/aromatic N) is 2. The van der Waals surface area contributed by atoms with Gasteiger partial charge in [0.2, 0.25) is 5.91 Å². The molecule has 1 fully saturated rings. The first-order valence-electron chi connectivity index (χ1n) is 6.65. The molecule has 0 N–H and O–H groups in total. The molecule has 0 atom stereocenters. The molecule has 1 saturated heterocycles. The first kappa shape index (κ1) is 16.1. The Morgan fingerprint density at radius 1 is 1.05 bits per heavy atom. The summed E-state index contributed by atoms with van der Waals surface area (Å²) in [6, 6.07) is 0. The van der Waals surface area contributed by atoms with Gasteiger partial charge in [0.1, 0.15) is 11.5 Å². The summed E-state index contributed by atoms with van der Waals surface area (Å²) in [5.74, 6) is -0.0112. The van der Waals surface area contributed by atoms with Gasteiger partial charge in [-0.15, -0.1) is 11.6 Å². The van der Waals surface area contributed by atoms with E-state index in [1.165, 1.54) is 0 Å². The van der Waals surface area contributed by atoms with Gasteiger partial charge in [-0.1, -0.05) is 0 Å². The van der Waals surface area contributed by atoms with E-state index in [4.69, 9.17) is 16.3 Å². The van der Waals surface area contributed by atoms with E-state index >= 15 is 0 Å². The molecule has 1 aliphatic heterocycles. The minimum absolute atomic E-state index is 0.0236. The van der Waals surface area contributed by atoms with E-state index < -0.39 is 5.60 Å². The Labute approximate surface area is 119 Å². The van der Waals surface area contributed by atoms with Gasteiger partial charge in [0.15, 0.2) is 0 Å². The number of alkyl halides is 1. The highest BCUT2D eigenvalue weighted by Crippen LogP contribution is 2.12. The molecule has 5 nitrogen and oxygen atoms in total. The highest BCUT2D eigenvalue weighted by Gasteiger charge is 2.24. The Bertz CT molecular complexity index is 318. The standard InChI is InChI=1S/C13H23ClN2O3/c1-13(2,3)19-12(18)16-8-4-6-15(7-5-9-16)11(17)10-14/h4-10H2,1-3H3. The molecule has 110 valence electrons. The lowest BCUT2D eigenvalue weighted by atomic mass is 10.2. The Kier molecular flexibility index (Phi) is 5.91. The molecule has 6 heteroatoms. The summed E-state index contributed by atoms with van der Waals surface area (Å²) in [4.78, 5) is 27.0. The second-order valence-electron chi connectivity index (χ2n) is 5.69. The fraction of sp³-hybridized carbons (Fsp3) is 0.846. The molecule has 0 aromatic carbocycles. The average Bonchev–Trinajstić information content (AvgIpc) is 2.25. The van der Waals surface area contributed by atoms with Crippen molar-refractivity contribution in [1.29, 1.82) is 0 Å². The molecule has 0 aliphatic carbocycles. The fourth-order valence-corrected chi connectivity index (χ4v) is 2.14. The number of rotatable bonds is 1. The first-order valence-corrected chi connectivity index (χ1v) is 7.18. The van der Waals surface area contributed by atoms with Crippen LogP contribution in [0.3, 0.4) is 0 Å². The van der Waals surface area contributed by atoms with E-state index in [0.717, 1.165) is 12.8 Å². The highest BCUT2D eigenvalue weighted by atomic mass is 35.5. The lowest BCUT2D eigenvalue weighted by Crippen LogP contribution is -2.43. The van der Waals surface area contributed by atoms with Gasteiger partial charge in [0, 0.05) is 26.2 Å². The van der Waals surface area contributed by atoms with Crippen molar-refractivity contribution in [3.63, 3.8) is 0 Å². The van der Waals surface area contributed by atoms with E-state index in [9.17, 15) is 9.59 Å². The lowest BCUT2D eigenvalue weighted by molar-refractivity contribution is -0.128. The van der Waals surface area contributed by atoms with E-state index in [-0.39, 0.29) is 17.9 Å². The van der Waals surface area contributed by atoms with Crippen LogP contribution in [-0.2, 0) is 9.53 Å². The van der Waals surface area contributed by atoms with E-state index in [0.29, 0.717) is 26.2 Å². The van der Waals surface area contributed by atoms with Gasteiger partial charge in [-0.25, -0.2) is 4.79 Å². The summed E-state index contributed by atoms with van der Waals surface area (Å²) in [7, 11) is 0. The van der Waals surface area contributed by atoms with Crippen LogP contribution in [0.4, 0.5) is 4.79 Å². The summed E-state index contributed by atoms with van der Waals surface area (Å²) in [6.45, 7) is 8.08. The largest absolute Gasteiger partial charge is 0.444 e. The molecule has 1 rings (SSSR count). The number of hydrogen-bond acceptors (Lipinski definition) is 3. The first-order chi connectivity index (χ1) is 8.83. The van der Waals surface area contributed by atoms with Crippen molar-refractivity contribution in [2.24, 2.45) is 0 Å². The SMILES string of the molecule is CC(C)(C)OC(=O)N1CCCN(C(=O)CCl)CCC1. The molecule has 19 heavy (non-hydrogen) atoms. The van der Waals surface area contributed by atoms with Gasteiger partial charge in [-0.3, -0.25) is 4.79 Å². The molecule has 0 saturated carbocycles. The molecule has 0 radical (unpaired) electrons. The summed E-state index contributed by atoms with van der Waals surface area (Å²) < 4.78 is 5.35. The Morgan fingerprint density at radius 3 is 1.95 bits per heavy atom. The van der Waals surface area contributed by atoms with Gasteiger partial charge < -0.3 is 14.5 Å². The van der Waals surface area contributed by atoms with E-state index in [1.54, 1.807) is 9.80 Å². The van der Waals surface area contributed by atoms with Gasteiger partial charge in [0.25, 0.3) is 0 Å². The maximum absolute atomic E-state index is 12.0. The maximum atomic E-state index is 12.0. The zero-order chi connectivity index (χ0) is 14.5. The molecule has 1 aliphatic rings. The molecular formula is C13H23ClN2O3. The molecular weight excluding hydrogens is 268 g/mol. The Hall–Kier alpha value is -0.970. The molecule has 0 aromatic heterocycles. The summed E-state index contributed by atoms with van der Waals surface area (Å²) >= 11 is 5.56. The van der Waals surface area contributed by atoms with Crippen LogP contribution in [0.5, 0.6) is 0 Å². The monoisotopic (exact) mass is 290 g/mol. The van der Waals surface area contributed by atoms with Crippen LogP contribution < -0.4 is 0 Å². The van der Waals surface area contributed by atoms with Crippen molar-refractivity contribution in [1.82, 2.24) is 9.80 Å². The second kappa shape index (κ2) is 6.98. The average molecular weight is 291 g/mol. The van der Waals surface area contributed by atoms with Crippen molar-refractivity contribution in [2.75, 3.05) is 32.1 Å². The Balaban J connectivity index is 2.47. The predicted molar refractivity (Wildman–Crippen MR) is 74.3 cm³/mol. The number of carbonyl (C=O) groups is 2. The van der Waals surface area contributed by atoms with Crippen LogP contribution in [0, 0.1) is 0 Å². The molecule has 0 aromatic rings. The highest BCUT2D eigenvalue weighted by molar-refractivity contribution is 6.27. The topological polar surface area (TPSA) is 49.9 Å². The molecule has 0 bridgehead atoms. The van der Waals surface area contributed by atoms with Crippen molar-refractivity contribution >= 4 is 23.6 Å². The minimum Gasteiger partial charge on any atom is -0.444 e. The second-order valence-corrected chi connectivity index (χ2v) is 5.96. The van der Waals surface area contributed by atoms with Crippen LogP contribution >= 0.6 is 11.6 Å². The summed E-state index contributed by atoms with van der Waals surface area (Å²) in [6.07, 6.45) is 1.23. The zero-order valence-electron chi connectivity index (χ0n) is 11.9. The summed E-state index contributed by atoms with van der Waals surface area (Å²) in [5.41, 5.74) is -0.472. The maximum Gasteiger partial charge on any atom is 0.410 e. The quantitative estimate of drug-likeness (QED) is 0.695. The molecule has 0 spiro atoms.